The lowest BCUT2D eigenvalue weighted by Gasteiger charge is -2.42. The van der Waals surface area contributed by atoms with Gasteiger partial charge >= 0.3 is 5.97 Å². The van der Waals surface area contributed by atoms with Gasteiger partial charge in [0.2, 0.25) is 0 Å². The second-order valence-corrected chi connectivity index (χ2v) is 6.63. The SMILES string of the molecule is CCCC(=NOCC)C1=C(O)CC2(CCC(CC)CC2)OC1=O. The molecule has 0 amide bonds. The quantitative estimate of drug-likeness (QED) is 0.450. The van der Waals surface area contributed by atoms with Crippen molar-refractivity contribution in [1.29, 1.82) is 0 Å². The third-order valence-electron chi connectivity index (χ3n) is 4.96. The summed E-state index contributed by atoms with van der Waals surface area (Å²) < 4.78 is 5.80. The molecule has 1 saturated carbocycles. The van der Waals surface area contributed by atoms with E-state index in [2.05, 4.69) is 12.1 Å². The van der Waals surface area contributed by atoms with Crippen molar-refractivity contribution in [2.45, 2.75) is 77.7 Å². The Bertz CT molecular complexity index is 487. The van der Waals surface area contributed by atoms with Crippen molar-refractivity contribution < 1.29 is 19.5 Å². The van der Waals surface area contributed by atoms with Crippen LogP contribution in [0.5, 0.6) is 0 Å². The zero-order chi connectivity index (χ0) is 16.9. The molecule has 5 nitrogen and oxygen atoms in total. The molecular formula is C18H29NO4. The van der Waals surface area contributed by atoms with Crippen molar-refractivity contribution in [2.24, 2.45) is 11.1 Å². The van der Waals surface area contributed by atoms with Gasteiger partial charge in [0, 0.05) is 6.42 Å². The Morgan fingerprint density at radius 2 is 2.04 bits per heavy atom. The molecule has 1 N–H and O–H groups in total. The summed E-state index contributed by atoms with van der Waals surface area (Å²) in [7, 11) is 0. The molecule has 0 bridgehead atoms. The standard InChI is InChI=1S/C18H29NO4/c1-4-7-14(19-22-6-3)16-15(20)12-18(23-17(16)21)10-8-13(5-2)9-11-18/h13,20H,4-12H2,1-3H3. The third-order valence-corrected chi connectivity index (χ3v) is 4.96. The van der Waals surface area contributed by atoms with E-state index in [9.17, 15) is 9.90 Å². The van der Waals surface area contributed by atoms with Crippen LogP contribution in [-0.2, 0) is 14.4 Å². The fourth-order valence-corrected chi connectivity index (χ4v) is 3.57. The number of aliphatic hydroxyl groups is 1. The van der Waals surface area contributed by atoms with E-state index in [1.54, 1.807) is 0 Å². The van der Waals surface area contributed by atoms with Crippen molar-refractivity contribution >= 4 is 11.7 Å². The highest BCUT2D eigenvalue weighted by Crippen LogP contribution is 2.43. The van der Waals surface area contributed by atoms with Crippen LogP contribution < -0.4 is 0 Å². The molecule has 1 spiro atoms. The summed E-state index contributed by atoms with van der Waals surface area (Å²) in [6, 6.07) is 0. The highest BCUT2D eigenvalue weighted by molar-refractivity contribution is 6.20. The van der Waals surface area contributed by atoms with Gasteiger partial charge in [-0.3, -0.25) is 0 Å². The first-order valence-corrected chi connectivity index (χ1v) is 8.89. The predicted molar refractivity (Wildman–Crippen MR) is 89.3 cm³/mol. The topological polar surface area (TPSA) is 68.1 Å². The summed E-state index contributed by atoms with van der Waals surface area (Å²) >= 11 is 0. The van der Waals surface area contributed by atoms with E-state index in [0.717, 1.165) is 32.1 Å². The number of rotatable bonds is 6. The maximum absolute atomic E-state index is 12.5. The number of nitrogens with zero attached hydrogens (tertiary/aromatic N) is 1. The number of hydrogen-bond acceptors (Lipinski definition) is 5. The molecule has 0 aromatic carbocycles. The second kappa shape index (κ2) is 7.84. The fraction of sp³-hybridized carbons (Fsp3) is 0.778. The number of oxime groups is 1. The maximum atomic E-state index is 12.5. The highest BCUT2D eigenvalue weighted by Gasteiger charge is 2.45. The molecule has 2 aliphatic rings. The third kappa shape index (κ3) is 4.06. The van der Waals surface area contributed by atoms with E-state index in [-0.39, 0.29) is 11.3 Å². The normalized spacial score (nSPS) is 28.9. The minimum absolute atomic E-state index is 0.114. The molecule has 130 valence electrons. The van der Waals surface area contributed by atoms with Gasteiger partial charge in [-0.2, -0.15) is 0 Å². The average Bonchev–Trinajstić information content (AvgIpc) is 2.52. The monoisotopic (exact) mass is 323 g/mol. The highest BCUT2D eigenvalue weighted by atomic mass is 16.6. The Labute approximate surface area is 138 Å². The number of esters is 1. The van der Waals surface area contributed by atoms with Crippen LogP contribution >= 0.6 is 0 Å². The zero-order valence-corrected chi connectivity index (χ0v) is 14.6. The van der Waals surface area contributed by atoms with Crippen molar-refractivity contribution in [2.75, 3.05) is 6.61 Å². The van der Waals surface area contributed by atoms with E-state index in [4.69, 9.17) is 9.57 Å². The molecule has 1 fully saturated rings. The van der Waals surface area contributed by atoms with Gasteiger partial charge in [-0.15, -0.1) is 0 Å². The Balaban J connectivity index is 2.20. The Morgan fingerprint density at radius 1 is 1.35 bits per heavy atom. The van der Waals surface area contributed by atoms with Gasteiger partial charge in [0.15, 0.2) is 0 Å². The first-order valence-electron chi connectivity index (χ1n) is 8.89. The summed E-state index contributed by atoms with van der Waals surface area (Å²) in [5, 5.41) is 14.5. The smallest absolute Gasteiger partial charge is 0.344 e. The summed E-state index contributed by atoms with van der Waals surface area (Å²) in [5.41, 5.74) is 0.191. The summed E-state index contributed by atoms with van der Waals surface area (Å²) in [5.74, 6) is 0.376. The first kappa shape index (κ1) is 17.8. The van der Waals surface area contributed by atoms with E-state index in [0.29, 0.717) is 31.1 Å². The van der Waals surface area contributed by atoms with Crippen molar-refractivity contribution in [3.05, 3.63) is 11.3 Å². The van der Waals surface area contributed by atoms with Crippen LogP contribution in [0.2, 0.25) is 0 Å². The molecule has 0 aromatic rings. The Kier molecular flexibility index (Phi) is 6.08. The van der Waals surface area contributed by atoms with Crippen LogP contribution in [0.3, 0.4) is 0 Å². The zero-order valence-electron chi connectivity index (χ0n) is 14.6. The van der Waals surface area contributed by atoms with Gasteiger partial charge in [0.05, 0.1) is 5.71 Å². The summed E-state index contributed by atoms with van der Waals surface area (Å²) in [6.07, 6.45) is 6.75. The van der Waals surface area contributed by atoms with Gasteiger partial charge < -0.3 is 14.7 Å². The molecule has 5 heteroatoms. The maximum Gasteiger partial charge on any atom is 0.344 e. The minimum atomic E-state index is -0.515. The van der Waals surface area contributed by atoms with Crippen LogP contribution in [0.1, 0.15) is 72.1 Å². The van der Waals surface area contributed by atoms with Crippen LogP contribution in [0.25, 0.3) is 0 Å². The van der Waals surface area contributed by atoms with Crippen LogP contribution in [0, 0.1) is 5.92 Å². The van der Waals surface area contributed by atoms with Gasteiger partial charge in [-0.05, 0) is 44.9 Å². The number of aliphatic hydroxyl groups excluding tert-OH is 1. The van der Waals surface area contributed by atoms with E-state index >= 15 is 0 Å². The molecule has 23 heavy (non-hydrogen) atoms. The molecular weight excluding hydrogens is 294 g/mol. The first-order chi connectivity index (χ1) is 11.0. The minimum Gasteiger partial charge on any atom is -0.511 e. The van der Waals surface area contributed by atoms with E-state index in [1.165, 1.54) is 6.42 Å². The average molecular weight is 323 g/mol. The Hall–Kier alpha value is -1.52. The fourth-order valence-electron chi connectivity index (χ4n) is 3.57. The predicted octanol–water partition coefficient (Wildman–Crippen LogP) is 4.28. The molecule has 1 heterocycles. The molecule has 2 rings (SSSR count). The molecule has 0 aromatic heterocycles. The van der Waals surface area contributed by atoms with Crippen LogP contribution in [0.15, 0.2) is 16.5 Å². The number of ether oxygens (including phenoxy) is 1. The molecule has 0 unspecified atom stereocenters. The molecule has 1 aliphatic carbocycles. The molecule has 1 aliphatic heterocycles. The number of carbonyl (C=O) groups is 1. The van der Waals surface area contributed by atoms with Gasteiger partial charge in [0.1, 0.15) is 23.5 Å². The lowest BCUT2D eigenvalue weighted by atomic mass is 9.74. The van der Waals surface area contributed by atoms with Gasteiger partial charge in [-0.25, -0.2) is 4.79 Å². The largest absolute Gasteiger partial charge is 0.511 e. The van der Waals surface area contributed by atoms with Crippen LogP contribution in [-0.4, -0.2) is 29.0 Å². The van der Waals surface area contributed by atoms with Gasteiger partial charge in [-0.1, -0.05) is 31.8 Å². The van der Waals surface area contributed by atoms with Crippen molar-refractivity contribution in [1.82, 2.24) is 0 Å². The van der Waals surface area contributed by atoms with Gasteiger partial charge in [0.25, 0.3) is 0 Å². The lowest BCUT2D eigenvalue weighted by molar-refractivity contribution is -0.163. The summed E-state index contributed by atoms with van der Waals surface area (Å²) in [6.45, 7) is 6.47. The van der Waals surface area contributed by atoms with Crippen LogP contribution in [0.4, 0.5) is 0 Å². The number of carbonyl (C=O) groups excluding carboxylic acids is 1. The van der Waals surface area contributed by atoms with E-state index < -0.39 is 11.6 Å². The molecule has 0 radical (unpaired) electrons. The Morgan fingerprint density at radius 3 is 2.57 bits per heavy atom. The summed E-state index contributed by atoms with van der Waals surface area (Å²) in [4.78, 5) is 17.6. The molecule has 0 saturated heterocycles. The van der Waals surface area contributed by atoms with Crippen molar-refractivity contribution in [3.8, 4) is 0 Å². The second-order valence-electron chi connectivity index (χ2n) is 6.63. The lowest BCUT2D eigenvalue weighted by Crippen LogP contribution is -2.44. The van der Waals surface area contributed by atoms with E-state index in [1.807, 2.05) is 13.8 Å². The molecule has 0 atom stereocenters. The van der Waals surface area contributed by atoms with Crippen molar-refractivity contribution in [3.63, 3.8) is 0 Å². The number of hydrogen-bond donors (Lipinski definition) is 1.